The first-order valence-corrected chi connectivity index (χ1v) is 10.3. The normalized spacial score (nSPS) is 14.0. The van der Waals surface area contributed by atoms with Crippen LogP contribution >= 0.6 is 23.6 Å². The minimum atomic E-state index is 0.177. The molecule has 4 rings (SSSR count). The number of aryl methyl sites for hydroxylation is 1. The summed E-state index contributed by atoms with van der Waals surface area (Å²) >= 11 is 6.93. The molecule has 0 radical (unpaired) electrons. The van der Waals surface area contributed by atoms with E-state index >= 15 is 0 Å². The Labute approximate surface area is 168 Å². The van der Waals surface area contributed by atoms with E-state index in [0.717, 1.165) is 33.8 Å². The number of nitrogens with zero attached hydrogens (tertiary/aromatic N) is 2. The molecule has 2 aromatic carbocycles. The number of aromatic nitrogens is 1. The molecule has 0 bridgehead atoms. The molecule has 0 amide bonds. The van der Waals surface area contributed by atoms with E-state index in [1.165, 1.54) is 29.7 Å². The van der Waals surface area contributed by atoms with Gasteiger partial charge in [-0.05, 0) is 54.9 Å². The zero-order valence-corrected chi connectivity index (χ0v) is 16.7. The molecule has 0 unspecified atom stereocenters. The van der Waals surface area contributed by atoms with Crippen molar-refractivity contribution in [1.82, 2.24) is 4.57 Å². The van der Waals surface area contributed by atoms with Crippen molar-refractivity contribution in [1.29, 1.82) is 0 Å². The quantitative estimate of drug-likeness (QED) is 0.498. The average Bonchev–Trinajstić information content (AvgIpc) is 3.22. The van der Waals surface area contributed by atoms with Gasteiger partial charge in [0, 0.05) is 17.4 Å². The minimum Gasteiger partial charge on any atom is -0.493 e. The summed E-state index contributed by atoms with van der Waals surface area (Å²) in [5.41, 5.74) is 5.21. The van der Waals surface area contributed by atoms with Gasteiger partial charge in [0.1, 0.15) is 0 Å². The van der Waals surface area contributed by atoms with Gasteiger partial charge in [0.25, 0.3) is 0 Å². The molecule has 1 N–H and O–H groups in total. The van der Waals surface area contributed by atoms with Gasteiger partial charge in [0.15, 0.2) is 3.95 Å². The van der Waals surface area contributed by atoms with E-state index in [-0.39, 0.29) is 5.88 Å². The van der Waals surface area contributed by atoms with Gasteiger partial charge in [0.05, 0.1) is 16.3 Å². The summed E-state index contributed by atoms with van der Waals surface area (Å²) in [5.74, 6) is 0.177. The zero-order valence-electron chi connectivity index (χ0n) is 15.1. The molecule has 136 valence electrons. The molecule has 0 saturated carbocycles. The molecule has 1 aliphatic rings. The summed E-state index contributed by atoms with van der Waals surface area (Å²) in [6.07, 6.45) is 7.23. The summed E-state index contributed by atoms with van der Waals surface area (Å²) in [6, 6.07) is 16.3. The second kappa shape index (κ2) is 7.62. The zero-order chi connectivity index (χ0) is 18.8. The molecule has 0 spiro atoms. The number of unbranched alkanes of at least 4 members (excludes halogenated alkanes) is 1. The largest absolute Gasteiger partial charge is 0.493 e. The van der Waals surface area contributed by atoms with E-state index in [4.69, 9.17) is 12.2 Å². The fraction of sp³-hybridized carbons (Fsp3) is 0.182. The topological polar surface area (TPSA) is 37.5 Å². The van der Waals surface area contributed by atoms with Gasteiger partial charge in [-0.3, -0.25) is 9.56 Å². The van der Waals surface area contributed by atoms with Crippen LogP contribution in [0.4, 0.5) is 5.69 Å². The molecular formula is C22H20N2OS2. The number of para-hydroxylation sites is 1. The number of hydrogen-bond acceptors (Lipinski definition) is 4. The molecule has 1 aliphatic heterocycles. The summed E-state index contributed by atoms with van der Waals surface area (Å²) in [6.45, 7) is 2.20. The van der Waals surface area contributed by atoms with Crippen LogP contribution < -0.4 is 0 Å². The highest BCUT2D eigenvalue weighted by Gasteiger charge is 2.16. The van der Waals surface area contributed by atoms with Crippen molar-refractivity contribution < 1.29 is 5.11 Å². The lowest BCUT2D eigenvalue weighted by molar-refractivity contribution is 0.441. The average molecular weight is 393 g/mol. The first-order chi connectivity index (χ1) is 13.2. The molecule has 0 atom stereocenters. The first kappa shape index (κ1) is 17.9. The van der Waals surface area contributed by atoms with Gasteiger partial charge in [-0.15, -0.1) is 11.3 Å². The lowest BCUT2D eigenvalue weighted by Crippen LogP contribution is -1.94. The van der Waals surface area contributed by atoms with Crippen LogP contribution in [0.2, 0.25) is 0 Å². The molecule has 27 heavy (non-hydrogen) atoms. The van der Waals surface area contributed by atoms with Gasteiger partial charge in [-0.2, -0.15) is 0 Å². The van der Waals surface area contributed by atoms with Crippen LogP contribution in [-0.4, -0.2) is 15.9 Å². The minimum absolute atomic E-state index is 0.177. The van der Waals surface area contributed by atoms with E-state index < -0.39 is 0 Å². The highest BCUT2D eigenvalue weighted by atomic mass is 32.1. The van der Waals surface area contributed by atoms with Gasteiger partial charge in [-0.1, -0.05) is 43.7 Å². The number of aromatic hydroxyl groups is 1. The Morgan fingerprint density at radius 3 is 2.70 bits per heavy atom. The van der Waals surface area contributed by atoms with Crippen LogP contribution in [0.5, 0.6) is 5.88 Å². The van der Waals surface area contributed by atoms with Crippen LogP contribution in [0.1, 0.15) is 35.8 Å². The highest BCUT2D eigenvalue weighted by Crippen LogP contribution is 2.36. The molecule has 3 nitrogen and oxygen atoms in total. The van der Waals surface area contributed by atoms with Gasteiger partial charge < -0.3 is 5.11 Å². The van der Waals surface area contributed by atoms with Crippen molar-refractivity contribution in [2.75, 3.05) is 0 Å². The Morgan fingerprint density at radius 2 is 1.93 bits per heavy atom. The second-order valence-electron chi connectivity index (χ2n) is 6.54. The summed E-state index contributed by atoms with van der Waals surface area (Å²) in [4.78, 5) is 5.17. The molecule has 0 saturated heterocycles. The smallest absolute Gasteiger partial charge is 0.215 e. The number of rotatable bonds is 5. The number of hydrogen-bond donors (Lipinski definition) is 1. The van der Waals surface area contributed by atoms with Crippen LogP contribution in [0.3, 0.4) is 0 Å². The number of aliphatic imine (C=N–C) groups is 1. The van der Waals surface area contributed by atoms with E-state index in [9.17, 15) is 5.11 Å². The summed E-state index contributed by atoms with van der Waals surface area (Å²) in [7, 11) is 0. The Kier molecular flexibility index (Phi) is 5.05. The van der Waals surface area contributed by atoms with Crippen LogP contribution in [0.15, 0.2) is 53.5 Å². The lowest BCUT2D eigenvalue weighted by atomic mass is 10.1. The van der Waals surface area contributed by atoms with Crippen molar-refractivity contribution in [3.05, 3.63) is 68.5 Å². The molecule has 2 heterocycles. The fourth-order valence-corrected chi connectivity index (χ4v) is 4.49. The van der Waals surface area contributed by atoms with E-state index in [1.807, 2.05) is 48.7 Å². The van der Waals surface area contributed by atoms with Crippen molar-refractivity contribution in [2.24, 2.45) is 4.99 Å². The molecule has 3 aromatic rings. The molecular weight excluding hydrogens is 372 g/mol. The van der Waals surface area contributed by atoms with Crippen molar-refractivity contribution in [3.8, 4) is 11.6 Å². The summed E-state index contributed by atoms with van der Waals surface area (Å²) in [5, 5.41) is 10.8. The van der Waals surface area contributed by atoms with Gasteiger partial charge in [0.2, 0.25) is 5.88 Å². The SMILES string of the molecule is CCCCc1ccc(-n2c(O)c(C=C3C=Nc4ccccc43)sc2=S)cc1. The van der Waals surface area contributed by atoms with E-state index in [0.29, 0.717) is 3.95 Å². The maximum absolute atomic E-state index is 10.8. The molecule has 0 aliphatic carbocycles. The number of thiazole rings is 1. The Bertz CT molecular complexity index is 1090. The molecule has 0 fully saturated rings. The predicted octanol–water partition coefficient (Wildman–Crippen LogP) is 6.57. The second-order valence-corrected chi connectivity index (χ2v) is 8.21. The molecule has 1 aromatic heterocycles. The first-order valence-electron chi connectivity index (χ1n) is 9.06. The van der Waals surface area contributed by atoms with Crippen molar-refractivity contribution in [2.45, 2.75) is 26.2 Å². The fourth-order valence-electron chi connectivity index (χ4n) is 3.19. The third-order valence-electron chi connectivity index (χ3n) is 4.67. The van der Waals surface area contributed by atoms with E-state index in [2.05, 4.69) is 24.0 Å². The Hall–Kier alpha value is -2.50. The molecule has 5 heteroatoms. The predicted molar refractivity (Wildman–Crippen MR) is 117 cm³/mol. The van der Waals surface area contributed by atoms with Crippen LogP contribution in [-0.2, 0) is 6.42 Å². The van der Waals surface area contributed by atoms with Crippen molar-refractivity contribution in [3.63, 3.8) is 0 Å². The number of allylic oxidation sites excluding steroid dienone is 1. The number of benzene rings is 2. The van der Waals surface area contributed by atoms with E-state index in [1.54, 1.807) is 4.57 Å². The Balaban J connectivity index is 1.68. The maximum atomic E-state index is 10.8. The monoisotopic (exact) mass is 392 g/mol. The van der Waals surface area contributed by atoms with Gasteiger partial charge >= 0.3 is 0 Å². The van der Waals surface area contributed by atoms with Gasteiger partial charge in [-0.25, -0.2) is 0 Å². The Morgan fingerprint density at radius 1 is 1.15 bits per heavy atom. The third kappa shape index (κ3) is 3.53. The standard InChI is InChI=1S/C22H20N2OS2/c1-2-3-6-15-9-11-17(12-10-15)24-21(25)20(27-22(24)26)13-16-14-23-19-8-5-4-7-18(16)19/h4-5,7-14,25H,2-3,6H2,1H3. The third-order valence-corrected chi connectivity index (χ3v) is 5.98. The van der Waals surface area contributed by atoms with Crippen LogP contribution in [0.25, 0.3) is 17.3 Å². The van der Waals surface area contributed by atoms with Crippen LogP contribution in [0, 0.1) is 3.95 Å². The summed E-state index contributed by atoms with van der Waals surface area (Å²) < 4.78 is 2.36. The highest BCUT2D eigenvalue weighted by molar-refractivity contribution is 7.73. The lowest BCUT2D eigenvalue weighted by Gasteiger charge is -2.06. The number of fused-ring (bicyclic) bond motifs is 1. The van der Waals surface area contributed by atoms with Crippen molar-refractivity contribution >= 4 is 47.1 Å². The maximum Gasteiger partial charge on any atom is 0.215 e.